The predicted molar refractivity (Wildman–Crippen MR) is 45.0 cm³/mol. The lowest BCUT2D eigenvalue weighted by Crippen LogP contribution is -2.40. The first-order valence-electron chi connectivity index (χ1n) is 3.39. The minimum atomic E-state index is -1.21. The van der Waals surface area contributed by atoms with E-state index in [-0.39, 0.29) is 0 Å². The van der Waals surface area contributed by atoms with E-state index in [4.69, 9.17) is 0 Å². The molecule has 1 rings (SSSR count). The average Bonchev–Trinajstić information content (AvgIpc) is 1.88. The van der Waals surface area contributed by atoms with Gasteiger partial charge in [0.2, 0.25) is 0 Å². The van der Waals surface area contributed by atoms with Crippen LogP contribution in [-0.2, 0) is 0 Å². The molecule has 0 saturated carbocycles. The molecule has 0 bridgehead atoms. The van der Waals surface area contributed by atoms with Gasteiger partial charge in [-0.1, -0.05) is 19.6 Å². The Labute approximate surface area is 62.3 Å². The SMILES string of the molecule is C[Si](C)(C)c1cccnn1. The molecule has 54 valence electrons. The summed E-state index contributed by atoms with van der Waals surface area (Å²) < 4.78 is 0. The summed E-state index contributed by atoms with van der Waals surface area (Å²) in [5, 5.41) is 9.07. The molecule has 0 radical (unpaired) electrons. The average molecular weight is 152 g/mol. The molecule has 3 heteroatoms. The molecule has 0 fully saturated rings. The van der Waals surface area contributed by atoms with Gasteiger partial charge in [0.05, 0.1) is 0 Å². The summed E-state index contributed by atoms with van der Waals surface area (Å²) in [5.41, 5.74) is 0. The third kappa shape index (κ3) is 1.64. The van der Waals surface area contributed by atoms with Crippen LogP contribution in [0.25, 0.3) is 0 Å². The number of nitrogens with zero attached hydrogens (tertiary/aromatic N) is 2. The third-order valence-electron chi connectivity index (χ3n) is 1.34. The smallest absolute Gasteiger partial charge is 0.104 e. The van der Waals surface area contributed by atoms with Gasteiger partial charge in [-0.05, 0) is 12.1 Å². The van der Waals surface area contributed by atoms with Crippen LogP contribution < -0.4 is 5.32 Å². The van der Waals surface area contributed by atoms with Crippen molar-refractivity contribution in [3.63, 3.8) is 0 Å². The summed E-state index contributed by atoms with van der Waals surface area (Å²) in [6, 6.07) is 4.00. The summed E-state index contributed by atoms with van der Waals surface area (Å²) in [6.45, 7) is 6.78. The molecule has 0 saturated heterocycles. The molecule has 0 spiro atoms. The Balaban J connectivity index is 2.97. The van der Waals surface area contributed by atoms with Gasteiger partial charge in [0.15, 0.2) is 0 Å². The van der Waals surface area contributed by atoms with E-state index in [1.165, 1.54) is 5.32 Å². The Morgan fingerprint density at radius 3 is 2.30 bits per heavy atom. The maximum atomic E-state index is 4.06. The van der Waals surface area contributed by atoms with Gasteiger partial charge in [0.25, 0.3) is 0 Å². The number of hydrogen-bond acceptors (Lipinski definition) is 2. The van der Waals surface area contributed by atoms with E-state index in [1.807, 2.05) is 6.07 Å². The Bertz CT molecular complexity index is 203. The van der Waals surface area contributed by atoms with Crippen LogP contribution in [0.4, 0.5) is 0 Å². The summed E-state index contributed by atoms with van der Waals surface area (Å²) in [4.78, 5) is 0. The van der Waals surface area contributed by atoms with E-state index in [2.05, 4.69) is 35.9 Å². The summed E-state index contributed by atoms with van der Waals surface area (Å²) in [5.74, 6) is 0. The second kappa shape index (κ2) is 2.50. The molecule has 10 heavy (non-hydrogen) atoms. The zero-order chi connectivity index (χ0) is 7.61. The maximum Gasteiger partial charge on any atom is 0.104 e. The zero-order valence-electron chi connectivity index (χ0n) is 6.63. The van der Waals surface area contributed by atoms with Crippen molar-refractivity contribution in [1.29, 1.82) is 0 Å². The number of aromatic nitrogens is 2. The van der Waals surface area contributed by atoms with Crippen molar-refractivity contribution in [2.75, 3.05) is 0 Å². The van der Waals surface area contributed by atoms with Gasteiger partial charge >= 0.3 is 0 Å². The number of rotatable bonds is 1. The Hall–Kier alpha value is -0.703. The molecule has 2 nitrogen and oxygen atoms in total. The monoisotopic (exact) mass is 152 g/mol. The Kier molecular flexibility index (Phi) is 1.85. The lowest BCUT2D eigenvalue weighted by Gasteiger charge is -2.12. The molecule has 1 heterocycles. The van der Waals surface area contributed by atoms with Gasteiger partial charge in [-0.15, -0.1) is 0 Å². The molecule has 1 aromatic heterocycles. The third-order valence-corrected chi connectivity index (χ3v) is 3.14. The zero-order valence-corrected chi connectivity index (χ0v) is 7.63. The van der Waals surface area contributed by atoms with Crippen LogP contribution in [0.15, 0.2) is 18.3 Å². The molecule has 0 aliphatic heterocycles. The second-order valence-corrected chi connectivity index (χ2v) is 8.37. The van der Waals surface area contributed by atoms with E-state index in [0.29, 0.717) is 0 Å². The summed E-state index contributed by atoms with van der Waals surface area (Å²) in [7, 11) is -1.21. The van der Waals surface area contributed by atoms with Crippen LogP contribution in [0.2, 0.25) is 19.6 Å². The Morgan fingerprint density at radius 1 is 1.30 bits per heavy atom. The minimum Gasteiger partial charge on any atom is -0.161 e. The van der Waals surface area contributed by atoms with E-state index in [0.717, 1.165) is 0 Å². The fraction of sp³-hybridized carbons (Fsp3) is 0.429. The molecule has 0 aliphatic carbocycles. The van der Waals surface area contributed by atoms with Crippen molar-refractivity contribution < 1.29 is 0 Å². The van der Waals surface area contributed by atoms with Gasteiger partial charge in [-0.3, -0.25) is 0 Å². The second-order valence-electron chi connectivity index (χ2n) is 3.36. The molecule has 0 N–H and O–H groups in total. The highest BCUT2D eigenvalue weighted by molar-refractivity contribution is 6.88. The van der Waals surface area contributed by atoms with Gasteiger partial charge in [-0.25, -0.2) is 0 Å². The topological polar surface area (TPSA) is 25.8 Å². The fourth-order valence-corrected chi connectivity index (χ4v) is 1.66. The largest absolute Gasteiger partial charge is 0.161 e. The van der Waals surface area contributed by atoms with E-state index in [1.54, 1.807) is 6.20 Å². The molecule has 1 aromatic rings. The van der Waals surface area contributed by atoms with Crippen molar-refractivity contribution in [2.24, 2.45) is 0 Å². The molecular formula is C7H12N2Si. The highest BCUT2D eigenvalue weighted by Crippen LogP contribution is 1.97. The quantitative estimate of drug-likeness (QED) is 0.562. The van der Waals surface area contributed by atoms with Crippen molar-refractivity contribution >= 4 is 13.4 Å². The van der Waals surface area contributed by atoms with Gasteiger partial charge in [0, 0.05) is 11.5 Å². The van der Waals surface area contributed by atoms with E-state index >= 15 is 0 Å². The molecule has 0 aliphatic rings. The highest BCUT2D eigenvalue weighted by atomic mass is 28.3. The first kappa shape index (κ1) is 7.40. The summed E-state index contributed by atoms with van der Waals surface area (Å²) in [6.07, 6.45) is 1.71. The van der Waals surface area contributed by atoms with Crippen molar-refractivity contribution in [1.82, 2.24) is 10.2 Å². The van der Waals surface area contributed by atoms with Gasteiger partial charge in [-0.2, -0.15) is 10.2 Å². The van der Waals surface area contributed by atoms with Crippen LogP contribution >= 0.6 is 0 Å². The van der Waals surface area contributed by atoms with E-state index in [9.17, 15) is 0 Å². The minimum absolute atomic E-state index is 1.18. The van der Waals surface area contributed by atoms with Gasteiger partial charge in [0.1, 0.15) is 8.07 Å². The number of hydrogen-bond donors (Lipinski definition) is 0. The van der Waals surface area contributed by atoms with Crippen molar-refractivity contribution in [3.05, 3.63) is 18.3 Å². The predicted octanol–water partition coefficient (Wildman–Crippen LogP) is 1.02. The summed E-state index contributed by atoms with van der Waals surface area (Å²) >= 11 is 0. The van der Waals surface area contributed by atoms with Crippen LogP contribution in [0.1, 0.15) is 0 Å². The van der Waals surface area contributed by atoms with Gasteiger partial charge < -0.3 is 0 Å². The first-order chi connectivity index (χ1) is 4.61. The lowest BCUT2D eigenvalue weighted by molar-refractivity contribution is 1.05. The standard InChI is InChI=1S/C7H12N2Si/c1-10(2,3)7-5-4-6-8-9-7/h4-6H,1-3H3. The normalized spacial score (nSPS) is 11.5. The highest BCUT2D eigenvalue weighted by Gasteiger charge is 2.17. The maximum absolute atomic E-state index is 4.06. The molecule has 0 unspecified atom stereocenters. The first-order valence-corrected chi connectivity index (χ1v) is 6.89. The van der Waals surface area contributed by atoms with Crippen LogP contribution in [0, 0.1) is 0 Å². The van der Waals surface area contributed by atoms with E-state index < -0.39 is 8.07 Å². The van der Waals surface area contributed by atoms with Crippen molar-refractivity contribution in [2.45, 2.75) is 19.6 Å². The molecular weight excluding hydrogens is 140 g/mol. The van der Waals surface area contributed by atoms with Crippen LogP contribution in [-0.4, -0.2) is 18.3 Å². The molecule has 0 amide bonds. The van der Waals surface area contributed by atoms with Crippen molar-refractivity contribution in [3.8, 4) is 0 Å². The van der Waals surface area contributed by atoms with Crippen LogP contribution in [0.3, 0.4) is 0 Å². The fourth-order valence-electron chi connectivity index (χ4n) is 0.702. The lowest BCUT2D eigenvalue weighted by atomic mass is 10.6. The molecule has 0 aromatic carbocycles. The molecule has 0 atom stereocenters. The van der Waals surface area contributed by atoms with Crippen LogP contribution in [0.5, 0.6) is 0 Å². The Morgan fingerprint density at radius 2 is 2.00 bits per heavy atom.